The maximum atomic E-state index is 13.0. The van der Waals surface area contributed by atoms with Crippen molar-refractivity contribution in [2.24, 2.45) is 0 Å². The second-order valence-electron chi connectivity index (χ2n) is 3.86. The summed E-state index contributed by atoms with van der Waals surface area (Å²) in [6.45, 7) is 0.326. The van der Waals surface area contributed by atoms with Crippen molar-refractivity contribution in [1.82, 2.24) is 0 Å². The molecule has 2 aromatic carbocycles. The van der Waals surface area contributed by atoms with Crippen LogP contribution in [0.3, 0.4) is 0 Å². The highest BCUT2D eigenvalue weighted by Gasteiger charge is 2.14. The SMILES string of the molecule is O=[N+]([O-])c1cc(F)ccc1NCc1ccccc1Cl. The minimum absolute atomic E-state index is 0.256. The molecule has 0 aliphatic heterocycles. The Morgan fingerprint density at radius 3 is 2.68 bits per heavy atom. The Bertz CT molecular complexity index is 619. The molecule has 0 radical (unpaired) electrons. The van der Waals surface area contributed by atoms with E-state index in [-0.39, 0.29) is 11.4 Å². The number of nitro groups is 1. The zero-order valence-electron chi connectivity index (χ0n) is 9.77. The first-order chi connectivity index (χ1) is 9.08. The smallest absolute Gasteiger partial charge is 0.295 e. The molecule has 0 aliphatic carbocycles. The van der Waals surface area contributed by atoms with Crippen molar-refractivity contribution >= 4 is 23.0 Å². The summed E-state index contributed by atoms with van der Waals surface area (Å²) in [6.07, 6.45) is 0. The van der Waals surface area contributed by atoms with Gasteiger partial charge in [-0.2, -0.15) is 0 Å². The fraction of sp³-hybridized carbons (Fsp3) is 0.0769. The van der Waals surface area contributed by atoms with Gasteiger partial charge in [-0.1, -0.05) is 29.8 Å². The second-order valence-corrected chi connectivity index (χ2v) is 4.27. The molecule has 0 bridgehead atoms. The number of rotatable bonds is 4. The van der Waals surface area contributed by atoms with Crippen LogP contribution in [0.2, 0.25) is 5.02 Å². The molecule has 0 saturated carbocycles. The van der Waals surface area contributed by atoms with E-state index in [9.17, 15) is 14.5 Å². The van der Waals surface area contributed by atoms with Crippen LogP contribution in [0.1, 0.15) is 5.56 Å². The van der Waals surface area contributed by atoms with Crippen molar-refractivity contribution in [3.8, 4) is 0 Å². The highest BCUT2D eigenvalue weighted by atomic mass is 35.5. The summed E-state index contributed by atoms with van der Waals surface area (Å²) in [4.78, 5) is 10.2. The standard InChI is InChI=1S/C13H10ClFN2O2/c14-11-4-2-1-3-9(11)8-16-12-6-5-10(15)7-13(12)17(18)19/h1-7,16H,8H2. The van der Waals surface area contributed by atoms with Gasteiger partial charge in [0.25, 0.3) is 5.69 Å². The first-order valence-electron chi connectivity index (χ1n) is 5.49. The number of benzene rings is 2. The molecule has 0 saturated heterocycles. The lowest BCUT2D eigenvalue weighted by Gasteiger charge is -2.08. The number of nitrogens with zero attached hydrogens (tertiary/aromatic N) is 1. The van der Waals surface area contributed by atoms with Crippen LogP contribution in [0.15, 0.2) is 42.5 Å². The predicted molar refractivity (Wildman–Crippen MR) is 71.8 cm³/mol. The number of nitrogens with one attached hydrogen (secondary N) is 1. The molecular weight excluding hydrogens is 271 g/mol. The zero-order valence-corrected chi connectivity index (χ0v) is 10.5. The quantitative estimate of drug-likeness (QED) is 0.680. The van der Waals surface area contributed by atoms with E-state index in [0.29, 0.717) is 11.6 Å². The van der Waals surface area contributed by atoms with Crippen molar-refractivity contribution in [3.63, 3.8) is 0 Å². The normalized spacial score (nSPS) is 10.2. The molecule has 0 atom stereocenters. The van der Waals surface area contributed by atoms with Gasteiger partial charge in [0.1, 0.15) is 11.5 Å². The number of nitro benzene ring substituents is 1. The van der Waals surface area contributed by atoms with Gasteiger partial charge in [0.05, 0.1) is 11.0 Å². The number of hydrogen-bond donors (Lipinski definition) is 1. The first kappa shape index (κ1) is 13.3. The maximum absolute atomic E-state index is 13.0. The topological polar surface area (TPSA) is 55.2 Å². The van der Waals surface area contributed by atoms with Crippen molar-refractivity contribution in [3.05, 3.63) is 69.0 Å². The molecule has 1 N–H and O–H groups in total. The van der Waals surface area contributed by atoms with E-state index in [1.54, 1.807) is 12.1 Å². The van der Waals surface area contributed by atoms with Gasteiger partial charge in [-0.3, -0.25) is 10.1 Å². The van der Waals surface area contributed by atoms with Crippen molar-refractivity contribution in [2.75, 3.05) is 5.32 Å². The molecule has 0 aliphatic rings. The van der Waals surface area contributed by atoms with Gasteiger partial charge in [0.15, 0.2) is 0 Å². The van der Waals surface area contributed by atoms with E-state index in [2.05, 4.69) is 5.32 Å². The van der Waals surface area contributed by atoms with Crippen LogP contribution in [0.4, 0.5) is 15.8 Å². The van der Waals surface area contributed by atoms with E-state index in [4.69, 9.17) is 11.6 Å². The lowest BCUT2D eigenvalue weighted by atomic mass is 10.2. The average Bonchev–Trinajstić information content (AvgIpc) is 2.38. The van der Waals surface area contributed by atoms with Gasteiger partial charge in [0.2, 0.25) is 0 Å². The van der Waals surface area contributed by atoms with E-state index in [1.807, 2.05) is 12.1 Å². The lowest BCUT2D eigenvalue weighted by Crippen LogP contribution is -2.03. The van der Waals surface area contributed by atoms with Crippen LogP contribution in [0.25, 0.3) is 0 Å². The Morgan fingerprint density at radius 1 is 1.26 bits per heavy atom. The molecule has 0 fully saturated rings. The average molecular weight is 281 g/mol. The van der Waals surface area contributed by atoms with Crippen molar-refractivity contribution in [1.29, 1.82) is 0 Å². The summed E-state index contributed by atoms with van der Waals surface area (Å²) < 4.78 is 13.0. The van der Waals surface area contributed by atoms with E-state index >= 15 is 0 Å². The van der Waals surface area contributed by atoms with Gasteiger partial charge in [0, 0.05) is 11.6 Å². The van der Waals surface area contributed by atoms with E-state index in [0.717, 1.165) is 11.6 Å². The van der Waals surface area contributed by atoms with Crippen LogP contribution in [0, 0.1) is 15.9 Å². The Hall–Kier alpha value is -2.14. The molecule has 98 valence electrons. The predicted octanol–water partition coefficient (Wildman–Crippen LogP) is 4.00. The third-order valence-corrected chi connectivity index (χ3v) is 2.95. The summed E-state index contributed by atoms with van der Waals surface area (Å²) in [5, 5.41) is 14.3. The highest BCUT2D eigenvalue weighted by molar-refractivity contribution is 6.31. The minimum atomic E-state index is -0.644. The van der Waals surface area contributed by atoms with E-state index in [1.165, 1.54) is 12.1 Å². The number of halogens is 2. The van der Waals surface area contributed by atoms with Gasteiger partial charge in [-0.05, 0) is 23.8 Å². The van der Waals surface area contributed by atoms with Crippen LogP contribution >= 0.6 is 11.6 Å². The Labute approximate surface area is 114 Å². The summed E-state index contributed by atoms with van der Waals surface area (Å²) in [5.74, 6) is -0.644. The second kappa shape index (κ2) is 5.67. The molecule has 0 amide bonds. The number of anilines is 1. The third kappa shape index (κ3) is 3.20. The van der Waals surface area contributed by atoms with Crippen molar-refractivity contribution < 1.29 is 9.31 Å². The summed E-state index contributed by atoms with van der Waals surface area (Å²) in [6, 6.07) is 10.6. The third-order valence-electron chi connectivity index (χ3n) is 2.58. The first-order valence-corrected chi connectivity index (χ1v) is 5.87. The summed E-state index contributed by atoms with van der Waals surface area (Å²) in [5.41, 5.74) is 0.765. The Balaban J connectivity index is 2.20. The van der Waals surface area contributed by atoms with Crippen LogP contribution in [-0.2, 0) is 6.54 Å². The largest absolute Gasteiger partial charge is 0.375 e. The fourth-order valence-electron chi connectivity index (χ4n) is 1.64. The van der Waals surface area contributed by atoms with Crippen LogP contribution < -0.4 is 5.32 Å². The highest BCUT2D eigenvalue weighted by Crippen LogP contribution is 2.26. The fourth-order valence-corrected chi connectivity index (χ4v) is 1.84. The molecule has 6 heteroatoms. The van der Waals surface area contributed by atoms with Crippen LogP contribution in [-0.4, -0.2) is 4.92 Å². The Morgan fingerprint density at radius 2 is 2.00 bits per heavy atom. The maximum Gasteiger partial charge on any atom is 0.295 e. The van der Waals surface area contributed by atoms with Gasteiger partial charge < -0.3 is 5.32 Å². The molecule has 0 heterocycles. The number of hydrogen-bond acceptors (Lipinski definition) is 3. The van der Waals surface area contributed by atoms with Crippen molar-refractivity contribution in [2.45, 2.75) is 6.54 Å². The molecule has 0 spiro atoms. The van der Waals surface area contributed by atoms with E-state index < -0.39 is 10.7 Å². The summed E-state index contributed by atoms with van der Waals surface area (Å²) >= 11 is 5.98. The van der Waals surface area contributed by atoms with Crippen LogP contribution in [0.5, 0.6) is 0 Å². The lowest BCUT2D eigenvalue weighted by molar-refractivity contribution is -0.384. The Kier molecular flexibility index (Phi) is 3.97. The molecule has 2 aromatic rings. The van der Waals surface area contributed by atoms with Gasteiger partial charge >= 0.3 is 0 Å². The molecule has 0 unspecified atom stereocenters. The molecular formula is C13H10ClFN2O2. The monoisotopic (exact) mass is 280 g/mol. The zero-order chi connectivity index (χ0) is 13.8. The molecule has 2 rings (SSSR count). The minimum Gasteiger partial charge on any atom is -0.375 e. The molecule has 4 nitrogen and oxygen atoms in total. The van der Waals surface area contributed by atoms with Gasteiger partial charge in [-0.15, -0.1) is 0 Å². The molecule has 19 heavy (non-hydrogen) atoms. The molecule has 0 aromatic heterocycles. The van der Waals surface area contributed by atoms with Gasteiger partial charge in [-0.25, -0.2) is 4.39 Å². The summed E-state index contributed by atoms with van der Waals surface area (Å²) in [7, 11) is 0.